The second-order valence-corrected chi connectivity index (χ2v) is 6.59. The maximum atomic E-state index is 11.3. The normalized spacial score (nSPS) is 13.5. The second-order valence-electron chi connectivity index (χ2n) is 6.59. The van der Waals surface area contributed by atoms with Crippen molar-refractivity contribution < 1.29 is 9.90 Å². The Morgan fingerprint density at radius 3 is 2.12 bits per heavy atom. The number of unbranched alkanes of at least 4 members (excludes halogenated alkanes) is 4. The lowest BCUT2D eigenvalue weighted by Crippen LogP contribution is -2.25. The Kier molecular flexibility index (Phi) is 18.5. The van der Waals surface area contributed by atoms with Crippen molar-refractivity contribution in [2.24, 2.45) is 5.92 Å². The van der Waals surface area contributed by atoms with Crippen molar-refractivity contribution in [1.29, 1.82) is 0 Å². The molecule has 0 unspecified atom stereocenters. The molecule has 0 aliphatic heterocycles. The van der Waals surface area contributed by atoms with Crippen LogP contribution in [0.3, 0.4) is 0 Å². The van der Waals surface area contributed by atoms with Gasteiger partial charge in [-0.3, -0.25) is 4.79 Å². The molecule has 3 nitrogen and oxygen atoms in total. The van der Waals surface area contributed by atoms with Crippen LogP contribution < -0.4 is 5.32 Å². The Balaban J connectivity index is 3.64. The molecule has 0 fully saturated rings. The van der Waals surface area contributed by atoms with Crippen molar-refractivity contribution in [1.82, 2.24) is 5.32 Å². The van der Waals surface area contributed by atoms with Gasteiger partial charge >= 0.3 is 0 Å². The first-order valence-corrected chi connectivity index (χ1v) is 10.2. The minimum Gasteiger partial charge on any atom is -0.395 e. The van der Waals surface area contributed by atoms with E-state index in [1.807, 2.05) is 0 Å². The molecule has 0 aliphatic carbocycles. The van der Waals surface area contributed by atoms with Gasteiger partial charge < -0.3 is 10.4 Å². The third kappa shape index (κ3) is 18.7. The molecule has 0 aromatic rings. The van der Waals surface area contributed by atoms with E-state index in [9.17, 15) is 4.79 Å². The van der Waals surface area contributed by atoms with Crippen molar-refractivity contribution in [3.8, 4) is 0 Å². The van der Waals surface area contributed by atoms with Crippen molar-refractivity contribution in [2.75, 3.05) is 13.2 Å². The van der Waals surface area contributed by atoms with E-state index in [4.69, 9.17) is 5.11 Å². The van der Waals surface area contributed by atoms with Gasteiger partial charge in [0.15, 0.2) is 0 Å². The third-order valence-electron chi connectivity index (χ3n) is 3.94. The van der Waals surface area contributed by atoms with E-state index in [1.54, 1.807) is 0 Å². The minimum atomic E-state index is 0.00133. The lowest BCUT2D eigenvalue weighted by molar-refractivity contribution is -0.121. The van der Waals surface area contributed by atoms with E-state index in [-0.39, 0.29) is 12.5 Å². The molecular weight excluding hydrogens is 322 g/mol. The maximum Gasteiger partial charge on any atom is 0.220 e. The zero-order chi connectivity index (χ0) is 19.3. The standard InChI is InChI=1S/C23H39NO2/c1-3-4-5-6-7-8-11-14-17-22(2)18-15-12-9-10-13-16-19-23(26)24-20-21-25/h7-10,14-15,17-18,22,25H,3-6,11-13,16,19-21H2,1-2H3,(H,24,26)/b8-7-,10-9-,17-14-,18-15-/t22-/m1/s1. The summed E-state index contributed by atoms with van der Waals surface area (Å²) in [5, 5.41) is 11.3. The van der Waals surface area contributed by atoms with E-state index in [0.717, 1.165) is 25.7 Å². The first-order valence-electron chi connectivity index (χ1n) is 10.2. The van der Waals surface area contributed by atoms with E-state index < -0.39 is 0 Å². The van der Waals surface area contributed by atoms with Gasteiger partial charge in [-0.05, 0) is 44.4 Å². The Bertz CT molecular complexity index is 435. The average Bonchev–Trinajstić information content (AvgIpc) is 2.64. The zero-order valence-corrected chi connectivity index (χ0v) is 16.8. The van der Waals surface area contributed by atoms with Gasteiger partial charge in [0, 0.05) is 13.0 Å². The van der Waals surface area contributed by atoms with Crippen LogP contribution in [0.1, 0.15) is 71.6 Å². The van der Waals surface area contributed by atoms with Gasteiger partial charge in [0.2, 0.25) is 5.91 Å². The lowest BCUT2D eigenvalue weighted by atomic mass is 10.1. The Morgan fingerprint density at radius 1 is 0.923 bits per heavy atom. The number of carbonyl (C=O) groups excluding carboxylic acids is 1. The van der Waals surface area contributed by atoms with Gasteiger partial charge in [-0.2, -0.15) is 0 Å². The minimum absolute atomic E-state index is 0.00133. The highest BCUT2D eigenvalue weighted by Gasteiger charge is 1.97. The van der Waals surface area contributed by atoms with Crippen LogP contribution >= 0.6 is 0 Å². The molecule has 0 heterocycles. The molecular formula is C23H39NO2. The monoisotopic (exact) mass is 361 g/mol. The molecule has 0 radical (unpaired) electrons. The van der Waals surface area contributed by atoms with Crippen LogP contribution in [-0.4, -0.2) is 24.2 Å². The molecule has 26 heavy (non-hydrogen) atoms. The molecule has 1 amide bonds. The number of amides is 1. The van der Waals surface area contributed by atoms with E-state index >= 15 is 0 Å². The van der Waals surface area contributed by atoms with Crippen LogP contribution in [0.5, 0.6) is 0 Å². The predicted molar refractivity (Wildman–Crippen MR) is 113 cm³/mol. The van der Waals surface area contributed by atoms with Gasteiger partial charge in [0.25, 0.3) is 0 Å². The summed E-state index contributed by atoms with van der Waals surface area (Å²) >= 11 is 0. The quantitative estimate of drug-likeness (QED) is 0.282. The Morgan fingerprint density at radius 2 is 1.54 bits per heavy atom. The second kappa shape index (κ2) is 19.7. The van der Waals surface area contributed by atoms with E-state index in [1.165, 1.54) is 25.7 Å². The summed E-state index contributed by atoms with van der Waals surface area (Å²) < 4.78 is 0. The van der Waals surface area contributed by atoms with Crippen LogP contribution in [0.4, 0.5) is 0 Å². The number of aliphatic hydroxyl groups is 1. The van der Waals surface area contributed by atoms with Crippen LogP contribution in [-0.2, 0) is 4.79 Å². The SMILES string of the molecule is CCCCC/C=C\C/C=C\[C@@H](C)/C=C\C/C=C\CCCC(=O)NCCO. The summed E-state index contributed by atoms with van der Waals surface area (Å²) in [5.41, 5.74) is 0. The number of nitrogens with one attached hydrogen (secondary N) is 1. The molecule has 1 atom stereocenters. The van der Waals surface area contributed by atoms with Gasteiger partial charge in [0.05, 0.1) is 6.61 Å². The van der Waals surface area contributed by atoms with Gasteiger partial charge in [-0.1, -0.05) is 75.3 Å². The maximum absolute atomic E-state index is 11.3. The molecule has 0 saturated heterocycles. The zero-order valence-electron chi connectivity index (χ0n) is 16.8. The topological polar surface area (TPSA) is 49.3 Å². The molecule has 0 rings (SSSR count). The number of aliphatic hydroxyl groups excluding tert-OH is 1. The van der Waals surface area contributed by atoms with Gasteiger partial charge in [0.1, 0.15) is 0 Å². The molecule has 0 saturated carbocycles. The summed E-state index contributed by atoms with van der Waals surface area (Å²) in [6, 6.07) is 0. The predicted octanol–water partition coefficient (Wildman–Crippen LogP) is 5.49. The molecule has 0 aromatic carbocycles. The first-order chi connectivity index (χ1) is 12.7. The molecule has 3 heteroatoms. The number of hydrogen-bond donors (Lipinski definition) is 2. The average molecular weight is 362 g/mol. The largest absolute Gasteiger partial charge is 0.395 e. The van der Waals surface area contributed by atoms with Crippen LogP contribution in [0.15, 0.2) is 48.6 Å². The number of hydrogen-bond acceptors (Lipinski definition) is 2. The number of carbonyl (C=O) groups is 1. The van der Waals surface area contributed by atoms with Crippen molar-refractivity contribution in [3.05, 3.63) is 48.6 Å². The molecule has 0 spiro atoms. The highest BCUT2D eigenvalue weighted by Crippen LogP contribution is 2.04. The molecule has 0 aromatic heterocycles. The summed E-state index contributed by atoms with van der Waals surface area (Å²) in [4.78, 5) is 11.3. The third-order valence-corrected chi connectivity index (χ3v) is 3.94. The Hall–Kier alpha value is -1.61. The van der Waals surface area contributed by atoms with Crippen LogP contribution in [0.25, 0.3) is 0 Å². The summed E-state index contributed by atoms with van der Waals surface area (Å²) in [6.07, 6.45) is 27.1. The van der Waals surface area contributed by atoms with Gasteiger partial charge in [-0.25, -0.2) is 0 Å². The highest BCUT2D eigenvalue weighted by atomic mass is 16.3. The number of rotatable bonds is 16. The van der Waals surface area contributed by atoms with Crippen molar-refractivity contribution >= 4 is 5.91 Å². The van der Waals surface area contributed by atoms with Crippen molar-refractivity contribution in [3.63, 3.8) is 0 Å². The fourth-order valence-electron chi connectivity index (χ4n) is 2.41. The molecule has 2 N–H and O–H groups in total. The highest BCUT2D eigenvalue weighted by molar-refractivity contribution is 5.75. The Labute approximate surface area is 161 Å². The van der Waals surface area contributed by atoms with E-state index in [0.29, 0.717) is 18.9 Å². The molecule has 0 aliphatic rings. The fraction of sp³-hybridized carbons (Fsp3) is 0.609. The first kappa shape index (κ1) is 24.4. The lowest BCUT2D eigenvalue weighted by Gasteiger charge is -2.00. The summed E-state index contributed by atoms with van der Waals surface area (Å²) in [5.74, 6) is 0.482. The fourth-order valence-corrected chi connectivity index (χ4v) is 2.41. The molecule has 0 bridgehead atoms. The van der Waals surface area contributed by atoms with Gasteiger partial charge in [-0.15, -0.1) is 0 Å². The smallest absolute Gasteiger partial charge is 0.220 e. The van der Waals surface area contributed by atoms with Crippen LogP contribution in [0, 0.1) is 5.92 Å². The van der Waals surface area contributed by atoms with Crippen molar-refractivity contribution in [2.45, 2.75) is 71.6 Å². The summed E-state index contributed by atoms with van der Waals surface area (Å²) in [6.45, 7) is 4.79. The molecule has 148 valence electrons. The summed E-state index contributed by atoms with van der Waals surface area (Å²) in [7, 11) is 0. The van der Waals surface area contributed by atoms with Crippen LogP contribution in [0.2, 0.25) is 0 Å². The van der Waals surface area contributed by atoms with E-state index in [2.05, 4.69) is 67.8 Å². The number of allylic oxidation sites excluding steroid dienone is 8.